The summed E-state index contributed by atoms with van der Waals surface area (Å²) >= 11 is 5.99. The van der Waals surface area contributed by atoms with E-state index in [1.165, 1.54) is 10.9 Å². The zero-order valence-corrected chi connectivity index (χ0v) is 20.8. The summed E-state index contributed by atoms with van der Waals surface area (Å²) in [6, 6.07) is 4.37. The monoisotopic (exact) mass is 533 g/mol. The summed E-state index contributed by atoms with van der Waals surface area (Å²) in [5.74, 6) is -1.36. The number of hydrogen-bond donors (Lipinski definition) is 0. The predicted molar refractivity (Wildman–Crippen MR) is 125 cm³/mol. The Kier molecular flexibility index (Phi) is 6.29. The van der Waals surface area contributed by atoms with Crippen LogP contribution in [0.15, 0.2) is 30.6 Å². The van der Waals surface area contributed by atoms with Gasteiger partial charge in [0.25, 0.3) is 0 Å². The van der Waals surface area contributed by atoms with Crippen LogP contribution in [0.3, 0.4) is 0 Å². The van der Waals surface area contributed by atoms with Gasteiger partial charge in [-0.2, -0.15) is 0 Å². The second-order valence-electron chi connectivity index (χ2n) is 10.1. The Morgan fingerprint density at radius 3 is 2.57 bits per heavy atom. The fourth-order valence-corrected chi connectivity index (χ4v) is 5.84. The van der Waals surface area contributed by atoms with Gasteiger partial charge in [0.05, 0.1) is 24.0 Å². The van der Waals surface area contributed by atoms with Gasteiger partial charge in [-0.05, 0) is 49.8 Å². The van der Waals surface area contributed by atoms with Crippen molar-refractivity contribution in [2.45, 2.75) is 51.6 Å². The minimum atomic E-state index is -2.33. The van der Waals surface area contributed by atoms with Gasteiger partial charge in [0.2, 0.25) is 6.43 Å². The number of hydrogen-bond acceptors (Lipinski definition) is 7. The first-order valence-corrected chi connectivity index (χ1v) is 12.1. The Balaban J connectivity index is 1.24. The van der Waals surface area contributed by atoms with E-state index in [-0.39, 0.29) is 34.8 Å². The Hall–Kier alpha value is -3.34. The minimum absolute atomic E-state index is 0.0333. The fraction of sp³-hybridized carbons (Fsp3) is 0.440. The Labute approximate surface area is 215 Å². The van der Waals surface area contributed by atoms with Gasteiger partial charge >= 0.3 is 5.97 Å². The average molecular weight is 534 g/mol. The molecule has 3 aromatic rings. The number of rotatable bonds is 9. The number of ketones is 1. The maximum atomic E-state index is 13.5. The maximum Gasteiger partial charge on any atom is 0.312 e. The highest BCUT2D eigenvalue weighted by molar-refractivity contribution is 6.30. The van der Waals surface area contributed by atoms with Crippen molar-refractivity contribution in [2.75, 3.05) is 0 Å². The number of halogens is 4. The summed E-state index contributed by atoms with van der Waals surface area (Å²) in [7, 11) is 1.61. The molecule has 3 heterocycles. The largest absolute Gasteiger partial charge is 0.457 e. The van der Waals surface area contributed by atoms with E-state index in [9.17, 15) is 22.8 Å². The van der Waals surface area contributed by atoms with Gasteiger partial charge in [-0.3, -0.25) is 19.3 Å². The average Bonchev–Trinajstić information content (AvgIpc) is 3.16. The summed E-state index contributed by atoms with van der Waals surface area (Å²) in [5.41, 5.74) is 0.633. The van der Waals surface area contributed by atoms with Crippen LogP contribution in [0.1, 0.15) is 60.3 Å². The quantitative estimate of drug-likeness (QED) is 0.219. The van der Waals surface area contributed by atoms with Crippen molar-refractivity contribution in [1.82, 2.24) is 25.0 Å². The number of alkyl halides is 2. The lowest BCUT2D eigenvalue weighted by Gasteiger charge is -2.70. The molecule has 37 heavy (non-hydrogen) atoms. The first-order chi connectivity index (χ1) is 17.5. The normalized spacial score (nSPS) is 22.8. The second kappa shape index (κ2) is 9.20. The highest BCUT2D eigenvalue weighted by Crippen LogP contribution is 2.76. The van der Waals surface area contributed by atoms with Gasteiger partial charge in [0.1, 0.15) is 22.8 Å². The molecular formula is C25H23ClF3N5O3. The van der Waals surface area contributed by atoms with Crippen LogP contribution in [-0.4, -0.2) is 43.1 Å². The molecule has 2 bridgehead atoms. The Morgan fingerprint density at radius 2 is 1.92 bits per heavy atom. The topological polar surface area (TPSA) is 99.9 Å². The van der Waals surface area contributed by atoms with Crippen LogP contribution in [0, 0.1) is 16.6 Å². The van der Waals surface area contributed by atoms with E-state index in [2.05, 4.69) is 20.3 Å². The number of aryl methyl sites for hydroxylation is 1. The van der Waals surface area contributed by atoms with E-state index in [1.807, 2.05) is 0 Å². The zero-order chi connectivity index (χ0) is 26.5. The first kappa shape index (κ1) is 25.3. The van der Waals surface area contributed by atoms with Gasteiger partial charge in [0.15, 0.2) is 5.78 Å². The summed E-state index contributed by atoms with van der Waals surface area (Å²) in [5, 5.41) is 8.10. The molecule has 194 valence electrons. The lowest BCUT2D eigenvalue weighted by atomic mass is 9.34. The lowest BCUT2D eigenvalue weighted by Crippen LogP contribution is -2.65. The van der Waals surface area contributed by atoms with E-state index < -0.39 is 29.7 Å². The molecule has 0 unspecified atom stereocenters. The molecule has 0 N–H and O–H groups in total. The van der Waals surface area contributed by atoms with E-state index in [0.717, 1.165) is 12.3 Å². The number of aromatic nitrogens is 5. The van der Waals surface area contributed by atoms with E-state index in [0.29, 0.717) is 41.9 Å². The molecule has 3 fully saturated rings. The van der Waals surface area contributed by atoms with Gasteiger partial charge < -0.3 is 4.74 Å². The molecule has 3 aliphatic carbocycles. The smallest absolute Gasteiger partial charge is 0.312 e. The number of esters is 1. The maximum absolute atomic E-state index is 13.5. The predicted octanol–water partition coefficient (Wildman–Crippen LogP) is 4.92. The molecule has 6 rings (SSSR count). The first-order valence-electron chi connectivity index (χ1n) is 11.7. The highest BCUT2D eigenvalue weighted by Gasteiger charge is 2.71. The number of nitrogens with zero attached hydrogens (tertiary/aromatic N) is 5. The van der Waals surface area contributed by atoms with Gasteiger partial charge in [-0.15, -0.1) is 5.10 Å². The van der Waals surface area contributed by atoms with E-state index in [1.54, 1.807) is 26.1 Å². The van der Waals surface area contributed by atoms with Crippen molar-refractivity contribution in [3.63, 3.8) is 0 Å². The van der Waals surface area contributed by atoms with Crippen LogP contribution in [-0.2, 0) is 23.0 Å². The SMILES string of the molecule is C[C@@H](OC(=O)Cc1c(-c2ccc(C(=O)CC34CC(C(F)F)(C3)C4)cn2)nnn1C)c1cc(F)cnc1Cl. The molecule has 1 atom stereocenters. The van der Waals surface area contributed by atoms with Gasteiger partial charge in [-0.1, -0.05) is 16.8 Å². The van der Waals surface area contributed by atoms with Crippen LogP contribution in [0.25, 0.3) is 11.4 Å². The minimum Gasteiger partial charge on any atom is -0.457 e. The number of Topliss-reactive ketones (excluding diaryl/α,β-unsaturated/α-hetero) is 1. The third kappa shape index (κ3) is 4.60. The zero-order valence-electron chi connectivity index (χ0n) is 20.0. The molecule has 0 spiro atoms. The standard InChI is InChI=1S/C25H23ClF3N5O3/c1-13(16-5-15(27)9-31-22(16)26)37-20(36)6-18-21(32-33-34(18)2)17-4-3-14(8-30-17)19(35)7-24-10-25(11-24,12-24)23(28)29/h3-5,8-9,13,23H,6-7,10-12H2,1-2H3/t13-,24?,25?/m1/s1. The van der Waals surface area contributed by atoms with Crippen molar-refractivity contribution < 1.29 is 27.5 Å². The fourth-order valence-electron chi connectivity index (χ4n) is 5.58. The number of carbonyl (C=O) groups excluding carboxylic acids is 2. The molecule has 3 aromatic heterocycles. The molecular weight excluding hydrogens is 511 g/mol. The molecule has 3 aliphatic rings. The Bertz CT molecular complexity index is 1360. The van der Waals surface area contributed by atoms with Crippen LogP contribution in [0.2, 0.25) is 5.15 Å². The molecule has 0 amide bonds. The third-order valence-electron chi connectivity index (χ3n) is 7.34. The highest BCUT2D eigenvalue weighted by atomic mass is 35.5. The third-order valence-corrected chi connectivity index (χ3v) is 7.66. The van der Waals surface area contributed by atoms with Crippen LogP contribution < -0.4 is 0 Å². The van der Waals surface area contributed by atoms with Crippen LogP contribution in [0.5, 0.6) is 0 Å². The molecule has 0 radical (unpaired) electrons. The molecule has 0 saturated heterocycles. The van der Waals surface area contributed by atoms with Crippen molar-refractivity contribution in [3.8, 4) is 11.4 Å². The van der Waals surface area contributed by atoms with Crippen molar-refractivity contribution in [2.24, 2.45) is 17.9 Å². The molecule has 0 aromatic carbocycles. The number of carbonyl (C=O) groups is 2. The number of pyridine rings is 2. The summed E-state index contributed by atoms with van der Waals surface area (Å²) < 4.78 is 46.5. The van der Waals surface area contributed by atoms with Crippen molar-refractivity contribution in [1.29, 1.82) is 0 Å². The molecule has 12 heteroatoms. The molecule has 3 saturated carbocycles. The van der Waals surface area contributed by atoms with Gasteiger partial charge in [-0.25, -0.2) is 18.2 Å². The van der Waals surface area contributed by atoms with Crippen molar-refractivity contribution >= 4 is 23.4 Å². The Morgan fingerprint density at radius 1 is 1.19 bits per heavy atom. The summed E-state index contributed by atoms with van der Waals surface area (Å²) in [6.45, 7) is 1.56. The van der Waals surface area contributed by atoms with Gasteiger partial charge in [0, 0.05) is 36.2 Å². The summed E-state index contributed by atoms with van der Waals surface area (Å²) in [4.78, 5) is 33.4. The second-order valence-corrected chi connectivity index (χ2v) is 10.4. The summed E-state index contributed by atoms with van der Waals surface area (Å²) in [6.07, 6.45) is 0.448. The van der Waals surface area contributed by atoms with Crippen LogP contribution in [0.4, 0.5) is 13.2 Å². The van der Waals surface area contributed by atoms with E-state index >= 15 is 0 Å². The molecule has 0 aliphatic heterocycles. The van der Waals surface area contributed by atoms with Crippen LogP contribution >= 0.6 is 11.6 Å². The number of ether oxygens (including phenoxy) is 1. The lowest BCUT2D eigenvalue weighted by molar-refractivity contribution is -0.264. The molecule has 8 nitrogen and oxygen atoms in total. The van der Waals surface area contributed by atoms with Crippen molar-refractivity contribution in [3.05, 3.63) is 58.4 Å². The van der Waals surface area contributed by atoms with E-state index in [4.69, 9.17) is 16.3 Å².